The Labute approximate surface area is 229 Å². The average molecular weight is 543 g/mol. The second-order valence-electron chi connectivity index (χ2n) is 10.4. The number of esters is 1. The quantitative estimate of drug-likeness (QED) is 0.245. The molecule has 3 heterocycles. The lowest BCUT2D eigenvalue weighted by Crippen LogP contribution is -2.57. The van der Waals surface area contributed by atoms with Gasteiger partial charge in [0.05, 0.1) is 42.9 Å². The molecule has 0 aromatic heterocycles. The minimum Gasteiger partial charge on any atom is -0.497 e. The molecule has 2 bridgehead atoms. The Kier molecular flexibility index (Phi) is 8.28. The van der Waals surface area contributed by atoms with Gasteiger partial charge >= 0.3 is 5.97 Å². The Morgan fingerprint density at radius 1 is 1.26 bits per heavy atom. The van der Waals surface area contributed by atoms with E-state index in [2.05, 4.69) is 13.2 Å². The molecule has 0 saturated carbocycles. The van der Waals surface area contributed by atoms with E-state index in [0.29, 0.717) is 37.1 Å². The number of amides is 2. The Balaban J connectivity index is 1.79. The number of likely N-dealkylation sites (tertiary alicyclic amines) is 1. The largest absolute Gasteiger partial charge is 0.497 e. The van der Waals surface area contributed by atoms with Crippen molar-refractivity contribution >= 4 is 35.2 Å². The predicted molar refractivity (Wildman–Crippen MR) is 148 cm³/mol. The van der Waals surface area contributed by atoms with Crippen LogP contribution in [0.1, 0.15) is 39.5 Å². The van der Waals surface area contributed by atoms with Crippen molar-refractivity contribution in [2.75, 3.05) is 31.8 Å². The summed E-state index contributed by atoms with van der Waals surface area (Å²) in [7, 11) is 1.58. The fraction of sp³-hybridized carbons (Fsp3) is 0.552. The maximum absolute atomic E-state index is 14.5. The molecule has 1 aromatic rings. The summed E-state index contributed by atoms with van der Waals surface area (Å²) in [6, 6.07) is 5.80. The van der Waals surface area contributed by atoms with Gasteiger partial charge in [0.15, 0.2) is 0 Å². The number of carbonyl (C=O) groups excluding carboxylic acids is 3. The van der Waals surface area contributed by atoms with Gasteiger partial charge in [0.25, 0.3) is 5.91 Å². The van der Waals surface area contributed by atoms with Gasteiger partial charge in [0.2, 0.25) is 5.91 Å². The molecular weight excluding hydrogens is 504 g/mol. The second-order valence-corrected chi connectivity index (χ2v) is 12.3. The number of aliphatic hydroxyl groups is 1. The van der Waals surface area contributed by atoms with Gasteiger partial charge in [0.1, 0.15) is 11.8 Å². The van der Waals surface area contributed by atoms with Crippen molar-refractivity contribution in [2.24, 2.45) is 11.8 Å². The molecule has 38 heavy (non-hydrogen) atoms. The Hall–Kier alpha value is -2.78. The minimum absolute atomic E-state index is 0.207. The fourth-order valence-electron chi connectivity index (χ4n) is 6.50. The van der Waals surface area contributed by atoms with Crippen molar-refractivity contribution in [1.29, 1.82) is 0 Å². The first kappa shape index (κ1) is 28.2. The van der Waals surface area contributed by atoms with Crippen LogP contribution in [0.2, 0.25) is 0 Å². The molecule has 6 atom stereocenters. The zero-order valence-electron chi connectivity index (χ0n) is 22.4. The highest BCUT2D eigenvalue weighted by atomic mass is 32.2. The SMILES string of the molecule is C=CCCOC(=O)[C@H]1[C@H]2C(=O)N([C@@H](CC)CO)C(C(=O)N(CC=C)c3ccc(OC)cc3)C23CC[C@]1(C)S3. The number of thioether (sulfide) groups is 1. The third-order valence-electron chi connectivity index (χ3n) is 8.31. The van der Waals surface area contributed by atoms with Crippen LogP contribution in [0.15, 0.2) is 49.6 Å². The number of nitrogens with zero attached hydrogens (tertiary/aromatic N) is 2. The highest BCUT2D eigenvalue weighted by molar-refractivity contribution is 8.02. The van der Waals surface area contributed by atoms with Crippen LogP contribution in [-0.4, -0.2) is 76.2 Å². The summed E-state index contributed by atoms with van der Waals surface area (Å²) in [4.78, 5) is 45.3. The number of methoxy groups -OCH3 is 1. The standard InChI is InChI=1S/C29H38N2O6S/c1-6-9-17-37-27(35)23-22-25(33)31(19(8-3)18-32)24(29(22)15-14-28(23,4)38-29)26(34)30(16-7-2)20-10-12-21(36-5)13-11-20/h6-7,10-13,19,22-24,32H,1-2,8-9,14-18H2,3-5H3/t19-,22-,23+,24?,28-,29?/m0/s1. The van der Waals surface area contributed by atoms with Crippen molar-refractivity contribution in [1.82, 2.24) is 4.90 Å². The number of hydrogen-bond donors (Lipinski definition) is 1. The lowest BCUT2D eigenvalue weighted by Gasteiger charge is -2.39. The monoisotopic (exact) mass is 542 g/mol. The molecule has 9 heteroatoms. The molecule has 3 aliphatic heterocycles. The smallest absolute Gasteiger partial charge is 0.311 e. The number of anilines is 1. The number of carbonyl (C=O) groups is 3. The van der Waals surface area contributed by atoms with E-state index >= 15 is 0 Å². The van der Waals surface area contributed by atoms with E-state index in [0.717, 1.165) is 0 Å². The first-order valence-electron chi connectivity index (χ1n) is 13.2. The molecule has 3 aliphatic rings. The van der Waals surface area contributed by atoms with Crippen LogP contribution in [0, 0.1) is 11.8 Å². The first-order chi connectivity index (χ1) is 18.2. The number of hydrogen-bond acceptors (Lipinski definition) is 7. The summed E-state index contributed by atoms with van der Waals surface area (Å²) in [5.74, 6) is -1.58. The summed E-state index contributed by atoms with van der Waals surface area (Å²) in [6.45, 7) is 11.6. The van der Waals surface area contributed by atoms with Gasteiger partial charge in [-0.25, -0.2) is 0 Å². The highest BCUT2D eigenvalue weighted by Crippen LogP contribution is 2.71. The predicted octanol–water partition coefficient (Wildman–Crippen LogP) is 3.59. The molecule has 4 rings (SSSR count). The van der Waals surface area contributed by atoms with Crippen molar-refractivity contribution in [3.05, 3.63) is 49.6 Å². The van der Waals surface area contributed by atoms with E-state index in [-0.39, 0.29) is 31.6 Å². The summed E-state index contributed by atoms with van der Waals surface area (Å²) >= 11 is 1.59. The normalized spacial score (nSPS) is 30.1. The number of rotatable bonds is 12. The Morgan fingerprint density at radius 2 is 1.97 bits per heavy atom. The molecule has 8 nitrogen and oxygen atoms in total. The van der Waals surface area contributed by atoms with E-state index in [4.69, 9.17) is 9.47 Å². The summed E-state index contributed by atoms with van der Waals surface area (Å²) in [5, 5.41) is 10.3. The maximum atomic E-state index is 14.5. The molecule has 3 saturated heterocycles. The molecular formula is C29H38N2O6S. The minimum atomic E-state index is -0.836. The summed E-state index contributed by atoms with van der Waals surface area (Å²) < 4.78 is 9.57. The van der Waals surface area contributed by atoms with Crippen LogP contribution < -0.4 is 9.64 Å². The summed E-state index contributed by atoms with van der Waals surface area (Å²) in [6.07, 6.45) is 5.67. The van der Waals surface area contributed by atoms with E-state index in [1.165, 1.54) is 0 Å². The van der Waals surface area contributed by atoms with Crippen molar-refractivity contribution in [3.63, 3.8) is 0 Å². The molecule has 1 spiro atoms. The molecule has 2 amide bonds. The zero-order chi connectivity index (χ0) is 27.7. The topological polar surface area (TPSA) is 96.4 Å². The maximum Gasteiger partial charge on any atom is 0.311 e. The van der Waals surface area contributed by atoms with E-state index in [9.17, 15) is 19.5 Å². The third-order valence-corrected chi connectivity index (χ3v) is 10.3. The van der Waals surface area contributed by atoms with Crippen LogP contribution in [-0.2, 0) is 19.1 Å². The number of fused-ring (bicyclic) bond motifs is 1. The lowest BCUT2D eigenvalue weighted by atomic mass is 9.66. The first-order valence-corrected chi connectivity index (χ1v) is 14.0. The fourth-order valence-corrected chi connectivity index (χ4v) is 8.83. The summed E-state index contributed by atoms with van der Waals surface area (Å²) in [5.41, 5.74) is 0.657. The third kappa shape index (κ3) is 4.43. The molecule has 0 aliphatic carbocycles. The van der Waals surface area contributed by atoms with Gasteiger partial charge in [-0.2, -0.15) is 0 Å². The van der Waals surface area contributed by atoms with Gasteiger partial charge in [-0.3, -0.25) is 14.4 Å². The Bertz CT molecular complexity index is 1090. The van der Waals surface area contributed by atoms with Gasteiger partial charge in [-0.15, -0.1) is 24.9 Å². The average Bonchev–Trinajstić information content (AvgIpc) is 3.49. The van der Waals surface area contributed by atoms with E-state index in [1.807, 2.05) is 13.8 Å². The number of ether oxygens (including phenoxy) is 2. The molecule has 3 fully saturated rings. The van der Waals surface area contributed by atoms with E-state index in [1.54, 1.807) is 65.1 Å². The van der Waals surface area contributed by atoms with E-state index < -0.39 is 39.4 Å². The Morgan fingerprint density at radius 3 is 2.55 bits per heavy atom. The highest BCUT2D eigenvalue weighted by Gasteiger charge is 2.78. The van der Waals surface area contributed by atoms with Crippen LogP contribution in [0.25, 0.3) is 0 Å². The lowest BCUT2D eigenvalue weighted by molar-refractivity contribution is -0.156. The second kappa shape index (κ2) is 11.1. The molecule has 1 N–H and O–H groups in total. The van der Waals surface area contributed by atoms with Gasteiger partial charge < -0.3 is 24.4 Å². The molecule has 206 valence electrons. The van der Waals surface area contributed by atoms with Gasteiger partial charge in [-0.05, 0) is 56.9 Å². The molecule has 0 radical (unpaired) electrons. The number of aliphatic hydroxyl groups excluding tert-OH is 1. The molecule has 1 aromatic carbocycles. The van der Waals surface area contributed by atoms with Gasteiger partial charge in [0, 0.05) is 17.0 Å². The zero-order valence-corrected chi connectivity index (χ0v) is 23.2. The van der Waals surface area contributed by atoms with Crippen LogP contribution in [0.3, 0.4) is 0 Å². The van der Waals surface area contributed by atoms with Crippen LogP contribution >= 0.6 is 11.8 Å². The molecule has 2 unspecified atom stereocenters. The van der Waals surface area contributed by atoms with Crippen molar-refractivity contribution in [2.45, 2.75) is 61.1 Å². The van der Waals surface area contributed by atoms with Gasteiger partial charge in [-0.1, -0.05) is 19.1 Å². The van der Waals surface area contributed by atoms with Crippen molar-refractivity contribution < 1.29 is 29.0 Å². The van der Waals surface area contributed by atoms with Crippen molar-refractivity contribution in [3.8, 4) is 5.75 Å². The van der Waals surface area contributed by atoms with Crippen LogP contribution in [0.5, 0.6) is 5.75 Å². The van der Waals surface area contributed by atoms with Crippen LogP contribution in [0.4, 0.5) is 5.69 Å². The number of benzene rings is 1.